The normalized spacial score (nSPS) is 11.9. The van der Waals surface area contributed by atoms with E-state index < -0.39 is 0 Å². The van der Waals surface area contributed by atoms with Crippen LogP contribution in [0, 0.1) is 0 Å². The summed E-state index contributed by atoms with van der Waals surface area (Å²) in [6.07, 6.45) is 0. The van der Waals surface area contributed by atoms with Crippen LogP contribution in [0.25, 0.3) is 10.2 Å². The summed E-state index contributed by atoms with van der Waals surface area (Å²) in [6, 6.07) is 17.9. The minimum Gasteiger partial charge on any atom is -0.410 e. The molecule has 0 fully saturated rings. The van der Waals surface area contributed by atoms with Crippen LogP contribution < -0.4 is 4.57 Å². The van der Waals surface area contributed by atoms with E-state index in [2.05, 4.69) is 27.4 Å². The molecule has 1 heterocycles. The van der Waals surface area contributed by atoms with Gasteiger partial charge in [0.05, 0.1) is 0 Å². The molecule has 1 aromatic heterocycles. The average molecular weight is 269 g/mol. The van der Waals surface area contributed by atoms with Gasteiger partial charge in [0.1, 0.15) is 4.70 Å². The number of oxime groups is 1. The fraction of sp³-hybridized carbons (Fsp3) is 0.0667. The van der Waals surface area contributed by atoms with Gasteiger partial charge in [-0.2, -0.15) is 4.57 Å². The van der Waals surface area contributed by atoms with Crippen LogP contribution in [-0.2, 0) is 6.54 Å². The molecule has 0 spiro atoms. The molecule has 3 rings (SSSR count). The summed E-state index contributed by atoms with van der Waals surface area (Å²) in [5.41, 5.74) is 4.81. The van der Waals surface area contributed by atoms with Crippen molar-refractivity contribution in [3.05, 3.63) is 65.7 Å². The first kappa shape index (κ1) is 11.9. The lowest BCUT2D eigenvalue weighted by atomic mass is 10.1. The molecule has 1 N–H and O–H groups in total. The average Bonchev–Trinajstić information content (AvgIpc) is 2.89. The van der Waals surface area contributed by atoms with E-state index in [0.29, 0.717) is 12.3 Å². The summed E-state index contributed by atoms with van der Waals surface area (Å²) in [7, 11) is 0. The molecule has 0 aliphatic carbocycles. The van der Waals surface area contributed by atoms with Crippen LogP contribution in [0.2, 0.25) is 0 Å². The van der Waals surface area contributed by atoms with Crippen molar-refractivity contribution in [1.82, 2.24) is 0 Å². The number of para-hydroxylation sites is 1. The highest BCUT2D eigenvalue weighted by Crippen LogP contribution is 2.15. The Balaban J connectivity index is 1.96. The molecule has 2 aromatic carbocycles. The quantitative estimate of drug-likeness (QED) is 0.337. The number of fused-ring (bicyclic) bond motifs is 1. The van der Waals surface area contributed by atoms with Crippen molar-refractivity contribution in [2.45, 2.75) is 6.54 Å². The maximum Gasteiger partial charge on any atom is 0.226 e. The second kappa shape index (κ2) is 5.20. The Kier molecular flexibility index (Phi) is 3.25. The molecule has 94 valence electrons. The van der Waals surface area contributed by atoms with Gasteiger partial charge in [-0.05, 0) is 6.07 Å². The standard InChI is InChI=1S/C15H12N2OS/c18-16-13(12-6-2-1-3-7-12)10-17-11-19-15-9-5-4-8-14(15)17/h1-9,11H,10H2/p+1/b16-13+. The maximum atomic E-state index is 9.23. The monoisotopic (exact) mass is 269 g/mol. The fourth-order valence-corrected chi connectivity index (χ4v) is 2.96. The first-order valence-electron chi connectivity index (χ1n) is 6.00. The molecule has 0 atom stereocenters. The van der Waals surface area contributed by atoms with Crippen molar-refractivity contribution in [3.8, 4) is 0 Å². The van der Waals surface area contributed by atoms with E-state index in [1.165, 1.54) is 4.70 Å². The van der Waals surface area contributed by atoms with E-state index >= 15 is 0 Å². The van der Waals surface area contributed by atoms with E-state index in [0.717, 1.165) is 11.1 Å². The van der Waals surface area contributed by atoms with Crippen molar-refractivity contribution < 1.29 is 9.77 Å². The topological polar surface area (TPSA) is 36.5 Å². The fourth-order valence-electron chi connectivity index (χ4n) is 2.07. The van der Waals surface area contributed by atoms with Crippen molar-refractivity contribution in [2.75, 3.05) is 0 Å². The maximum absolute atomic E-state index is 9.23. The SMILES string of the molecule is O/N=C(\C[n+]1csc2ccccc21)c1ccccc1. The molecule has 0 unspecified atom stereocenters. The second-order valence-electron chi connectivity index (χ2n) is 4.23. The zero-order valence-electron chi connectivity index (χ0n) is 10.2. The van der Waals surface area contributed by atoms with Gasteiger partial charge in [0.25, 0.3) is 0 Å². The van der Waals surface area contributed by atoms with Gasteiger partial charge >= 0.3 is 0 Å². The number of thiazole rings is 1. The third-order valence-corrected chi connectivity index (χ3v) is 3.99. The van der Waals surface area contributed by atoms with E-state index in [4.69, 9.17) is 0 Å². The Bertz CT molecular complexity index is 719. The van der Waals surface area contributed by atoms with Crippen LogP contribution >= 0.6 is 11.3 Å². The molecule has 0 aliphatic heterocycles. The van der Waals surface area contributed by atoms with E-state index in [-0.39, 0.29) is 0 Å². The van der Waals surface area contributed by atoms with Gasteiger partial charge in [0, 0.05) is 11.6 Å². The molecule has 19 heavy (non-hydrogen) atoms. The molecule has 3 nitrogen and oxygen atoms in total. The number of hydrogen-bond acceptors (Lipinski definition) is 3. The van der Waals surface area contributed by atoms with Gasteiger partial charge in [-0.25, -0.2) is 0 Å². The summed E-state index contributed by atoms with van der Waals surface area (Å²) >= 11 is 1.69. The highest BCUT2D eigenvalue weighted by Gasteiger charge is 2.15. The van der Waals surface area contributed by atoms with E-state index in [1.54, 1.807) is 11.3 Å². The number of aromatic nitrogens is 1. The number of nitrogens with zero attached hydrogens (tertiary/aromatic N) is 2. The first-order valence-corrected chi connectivity index (χ1v) is 6.88. The molecular weight excluding hydrogens is 256 g/mol. The van der Waals surface area contributed by atoms with Crippen molar-refractivity contribution in [1.29, 1.82) is 0 Å². The van der Waals surface area contributed by atoms with Gasteiger partial charge in [0.2, 0.25) is 11.0 Å². The van der Waals surface area contributed by atoms with Crippen LogP contribution in [0.4, 0.5) is 0 Å². The molecule has 0 aliphatic rings. The predicted octanol–water partition coefficient (Wildman–Crippen LogP) is 3.07. The summed E-state index contributed by atoms with van der Waals surface area (Å²) < 4.78 is 3.33. The third kappa shape index (κ3) is 2.35. The number of rotatable bonds is 3. The largest absolute Gasteiger partial charge is 0.410 e. The highest BCUT2D eigenvalue weighted by atomic mass is 32.1. The van der Waals surface area contributed by atoms with Gasteiger partial charge in [-0.3, -0.25) is 0 Å². The van der Waals surface area contributed by atoms with Crippen molar-refractivity contribution in [2.24, 2.45) is 5.16 Å². The molecule has 4 heteroatoms. The highest BCUT2D eigenvalue weighted by molar-refractivity contribution is 7.16. The number of benzene rings is 2. The summed E-state index contributed by atoms with van der Waals surface area (Å²) in [5, 5.41) is 12.7. The zero-order chi connectivity index (χ0) is 13.1. The smallest absolute Gasteiger partial charge is 0.226 e. The summed E-state index contributed by atoms with van der Waals surface area (Å²) in [6.45, 7) is 0.560. The summed E-state index contributed by atoms with van der Waals surface area (Å²) in [4.78, 5) is 0. The lowest BCUT2D eigenvalue weighted by Gasteiger charge is -2.00. The van der Waals surface area contributed by atoms with E-state index in [1.807, 2.05) is 42.5 Å². The molecule has 0 radical (unpaired) electrons. The Hall–Kier alpha value is -2.20. The molecule has 0 bridgehead atoms. The lowest BCUT2D eigenvalue weighted by molar-refractivity contribution is -0.651. The molecule has 0 saturated carbocycles. The minimum absolute atomic E-state index is 0.560. The molecule has 3 aromatic rings. The van der Waals surface area contributed by atoms with E-state index in [9.17, 15) is 5.21 Å². The molecule has 0 saturated heterocycles. The number of hydrogen-bond donors (Lipinski definition) is 1. The molecule has 0 amide bonds. The van der Waals surface area contributed by atoms with Crippen LogP contribution in [0.5, 0.6) is 0 Å². The Labute approximate surface area is 115 Å². The Morgan fingerprint density at radius 2 is 1.79 bits per heavy atom. The van der Waals surface area contributed by atoms with Gasteiger partial charge in [-0.15, -0.1) is 0 Å². The van der Waals surface area contributed by atoms with Crippen molar-refractivity contribution >= 4 is 27.3 Å². The van der Waals surface area contributed by atoms with Gasteiger partial charge in [0.15, 0.2) is 12.3 Å². The predicted molar refractivity (Wildman–Crippen MR) is 76.8 cm³/mol. The Morgan fingerprint density at radius 1 is 1.05 bits per heavy atom. The van der Waals surface area contributed by atoms with Gasteiger partial charge < -0.3 is 5.21 Å². The minimum atomic E-state index is 0.560. The first-order chi connectivity index (χ1) is 9.38. The second-order valence-corrected chi connectivity index (χ2v) is 5.12. The lowest BCUT2D eigenvalue weighted by Crippen LogP contribution is -2.36. The van der Waals surface area contributed by atoms with Gasteiger partial charge in [-0.1, -0.05) is 59.0 Å². The van der Waals surface area contributed by atoms with Crippen LogP contribution in [-0.4, -0.2) is 10.9 Å². The van der Waals surface area contributed by atoms with Crippen LogP contribution in [0.1, 0.15) is 5.56 Å². The third-order valence-electron chi connectivity index (χ3n) is 3.03. The Morgan fingerprint density at radius 3 is 2.58 bits per heavy atom. The summed E-state index contributed by atoms with van der Waals surface area (Å²) in [5.74, 6) is 0. The van der Waals surface area contributed by atoms with Crippen LogP contribution in [0.3, 0.4) is 0 Å². The molecular formula is C15H13N2OS+. The zero-order valence-corrected chi connectivity index (χ0v) is 11.0. The van der Waals surface area contributed by atoms with Crippen LogP contribution in [0.15, 0.2) is 65.3 Å². The van der Waals surface area contributed by atoms with Crippen molar-refractivity contribution in [3.63, 3.8) is 0 Å².